The predicted octanol–water partition coefficient (Wildman–Crippen LogP) is 2.55. The number of nitrogens with two attached hydrogens (primary N) is 1. The van der Waals surface area contributed by atoms with Crippen LogP contribution in [0.1, 0.15) is 13.3 Å². The van der Waals surface area contributed by atoms with Gasteiger partial charge in [0.1, 0.15) is 11.5 Å². The fourth-order valence-corrected chi connectivity index (χ4v) is 2.08. The summed E-state index contributed by atoms with van der Waals surface area (Å²) in [7, 11) is 0. The van der Waals surface area contributed by atoms with Crippen LogP contribution in [-0.4, -0.2) is 31.3 Å². The van der Waals surface area contributed by atoms with Crippen LogP contribution < -0.4 is 15.2 Å². The lowest BCUT2D eigenvalue weighted by Gasteiger charge is -2.07. The molecule has 4 heteroatoms. The van der Waals surface area contributed by atoms with Gasteiger partial charge in [-0.2, -0.15) is 11.8 Å². The molecule has 2 N–H and O–H groups in total. The zero-order valence-electron chi connectivity index (χ0n) is 10.4. The van der Waals surface area contributed by atoms with E-state index in [1.807, 2.05) is 43.0 Å². The highest BCUT2D eigenvalue weighted by Crippen LogP contribution is 2.17. The highest BCUT2D eigenvalue weighted by Gasteiger charge is 1.96. The monoisotopic (exact) mass is 255 g/mol. The maximum atomic E-state index is 5.61. The Labute approximate surface area is 108 Å². The number of benzene rings is 1. The van der Waals surface area contributed by atoms with Crippen LogP contribution in [0, 0.1) is 0 Å². The summed E-state index contributed by atoms with van der Waals surface area (Å²) in [5.41, 5.74) is 5.42. The maximum Gasteiger partial charge on any atom is 0.119 e. The van der Waals surface area contributed by atoms with Crippen molar-refractivity contribution in [3.05, 3.63) is 24.3 Å². The van der Waals surface area contributed by atoms with E-state index in [1.54, 1.807) is 0 Å². The van der Waals surface area contributed by atoms with Crippen LogP contribution in [0.2, 0.25) is 0 Å². The summed E-state index contributed by atoms with van der Waals surface area (Å²) in [6.07, 6.45) is 1.08. The van der Waals surface area contributed by atoms with Gasteiger partial charge in [-0.3, -0.25) is 0 Å². The fourth-order valence-electron chi connectivity index (χ4n) is 1.30. The van der Waals surface area contributed by atoms with Gasteiger partial charge in [0.25, 0.3) is 0 Å². The SMILES string of the molecule is CCOc1ccc(OCCSCCCN)cc1. The molecule has 0 atom stereocenters. The van der Waals surface area contributed by atoms with E-state index in [0.717, 1.165) is 42.6 Å². The summed E-state index contributed by atoms with van der Waals surface area (Å²) in [6, 6.07) is 7.74. The van der Waals surface area contributed by atoms with Crippen molar-refractivity contribution in [3.63, 3.8) is 0 Å². The molecule has 0 aliphatic carbocycles. The first-order valence-electron chi connectivity index (χ1n) is 6.00. The summed E-state index contributed by atoms with van der Waals surface area (Å²) in [4.78, 5) is 0. The molecule has 0 amide bonds. The maximum absolute atomic E-state index is 5.61. The Kier molecular flexibility index (Phi) is 7.67. The van der Waals surface area contributed by atoms with Crippen LogP contribution in [0.25, 0.3) is 0 Å². The Bertz CT molecular complexity index is 290. The Hall–Kier alpha value is -0.870. The van der Waals surface area contributed by atoms with E-state index < -0.39 is 0 Å². The van der Waals surface area contributed by atoms with Gasteiger partial charge in [-0.1, -0.05) is 0 Å². The summed E-state index contributed by atoms with van der Waals surface area (Å²) < 4.78 is 11.0. The molecule has 0 aliphatic heterocycles. The van der Waals surface area contributed by atoms with Gasteiger partial charge in [-0.25, -0.2) is 0 Å². The molecule has 0 saturated carbocycles. The van der Waals surface area contributed by atoms with Crippen molar-refractivity contribution in [3.8, 4) is 11.5 Å². The van der Waals surface area contributed by atoms with Gasteiger partial charge < -0.3 is 15.2 Å². The minimum Gasteiger partial charge on any atom is -0.494 e. The lowest BCUT2D eigenvalue weighted by molar-refractivity contribution is 0.332. The van der Waals surface area contributed by atoms with E-state index in [0.29, 0.717) is 6.61 Å². The molecule has 0 spiro atoms. The van der Waals surface area contributed by atoms with E-state index >= 15 is 0 Å². The van der Waals surface area contributed by atoms with E-state index in [-0.39, 0.29) is 0 Å². The lowest BCUT2D eigenvalue weighted by Crippen LogP contribution is -2.03. The summed E-state index contributed by atoms with van der Waals surface area (Å²) in [5, 5.41) is 0. The molecule has 0 unspecified atom stereocenters. The molecule has 1 rings (SSSR count). The van der Waals surface area contributed by atoms with Crippen LogP contribution in [0.5, 0.6) is 11.5 Å². The molecule has 0 radical (unpaired) electrons. The van der Waals surface area contributed by atoms with Gasteiger partial charge in [0, 0.05) is 5.75 Å². The topological polar surface area (TPSA) is 44.5 Å². The first-order chi connectivity index (χ1) is 8.36. The minimum atomic E-state index is 0.692. The number of rotatable bonds is 9. The average molecular weight is 255 g/mol. The third-order valence-corrected chi connectivity index (χ3v) is 3.16. The Balaban J connectivity index is 2.14. The molecule has 0 fully saturated rings. The van der Waals surface area contributed by atoms with Crippen molar-refractivity contribution in [1.29, 1.82) is 0 Å². The number of thioether (sulfide) groups is 1. The zero-order chi connectivity index (χ0) is 12.3. The molecule has 0 aromatic heterocycles. The van der Waals surface area contributed by atoms with E-state index in [2.05, 4.69) is 0 Å². The molecule has 96 valence electrons. The molecule has 0 aliphatic rings. The summed E-state index contributed by atoms with van der Waals surface area (Å²) >= 11 is 1.88. The molecule has 1 aromatic carbocycles. The van der Waals surface area contributed by atoms with Crippen molar-refractivity contribution in [1.82, 2.24) is 0 Å². The van der Waals surface area contributed by atoms with E-state index in [1.165, 1.54) is 0 Å². The van der Waals surface area contributed by atoms with Crippen molar-refractivity contribution >= 4 is 11.8 Å². The van der Waals surface area contributed by atoms with E-state index in [4.69, 9.17) is 15.2 Å². The van der Waals surface area contributed by atoms with Crippen molar-refractivity contribution in [2.45, 2.75) is 13.3 Å². The average Bonchev–Trinajstić information content (AvgIpc) is 2.36. The minimum absolute atomic E-state index is 0.692. The quantitative estimate of drug-likeness (QED) is 0.689. The van der Waals surface area contributed by atoms with Crippen LogP contribution in [0.3, 0.4) is 0 Å². The van der Waals surface area contributed by atoms with Crippen LogP contribution in [-0.2, 0) is 0 Å². The summed E-state index contributed by atoms with van der Waals surface area (Å²) in [5.74, 6) is 3.90. The molecule has 17 heavy (non-hydrogen) atoms. The molecular weight excluding hydrogens is 234 g/mol. The standard InChI is InChI=1S/C13H21NO2S/c1-2-15-12-4-6-13(7-5-12)16-9-11-17-10-3-8-14/h4-7H,2-3,8-11,14H2,1H3. The van der Waals surface area contributed by atoms with Gasteiger partial charge >= 0.3 is 0 Å². The van der Waals surface area contributed by atoms with Crippen LogP contribution in [0.15, 0.2) is 24.3 Å². The predicted molar refractivity (Wildman–Crippen MR) is 74.1 cm³/mol. The molecule has 0 bridgehead atoms. The molecule has 0 heterocycles. The molecule has 0 saturated heterocycles. The number of ether oxygens (including phenoxy) is 2. The van der Waals surface area contributed by atoms with Crippen molar-refractivity contribution in [2.75, 3.05) is 31.3 Å². The molecule has 3 nitrogen and oxygen atoms in total. The van der Waals surface area contributed by atoms with Gasteiger partial charge in [0.2, 0.25) is 0 Å². The molecular formula is C13H21NO2S. The normalized spacial score (nSPS) is 10.2. The van der Waals surface area contributed by atoms with Crippen molar-refractivity contribution in [2.24, 2.45) is 5.73 Å². The van der Waals surface area contributed by atoms with Gasteiger partial charge in [0.15, 0.2) is 0 Å². The Morgan fingerprint density at radius 3 is 2.29 bits per heavy atom. The molecule has 1 aromatic rings. The van der Waals surface area contributed by atoms with Gasteiger partial charge in [-0.15, -0.1) is 0 Å². The Morgan fingerprint density at radius 2 is 1.71 bits per heavy atom. The zero-order valence-corrected chi connectivity index (χ0v) is 11.2. The first-order valence-corrected chi connectivity index (χ1v) is 7.15. The highest BCUT2D eigenvalue weighted by molar-refractivity contribution is 7.99. The second-order valence-corrected chi connectivity index (χ2v) is 4.73. The van der Waals surface area contributed by atoms with Crippen LogP contribution in [0.4, 0.5) is 0 Å². The number of hydrogen-bond acceptors (Lipinski definition) is 4. The second kappa shape index (κ2) is 9.19. The first kappa shape index (κ1) is 14.2. The van der Waals surface area contributed by atoms with Gasteiger partial charge in [-0.05, 0) is 49.9 Å². The van der Waals surface area contributed by atoms with E-state index in [9.17, 15) is 0 Å². The third kappa shape index (κ3) is 6.44. The largest absolute Gasteiger partial charge is 0.494 e. The highest BCUT2D eigenvalue weighted by atomic mass is 32.2. The number of hydrogen-bond donors (Lipinski definition) is 1. The smallest absolute Gasteiger partial charge is 0.119 e. The lowest BCUT2D eigenvalue weighted by atomic mass is 10.3. The van der Waals surface area contributed by atoms with Crippen molar-refractivity contribution < 1.29 is 9.47 Å². The fraction of sp³-hybridized carbons (Fsp3) is 0.538. The summed E-state index contributed by atoms with van der Waals surface area (Å²) in [6.45, 7) is 4.18. The second-order valence-electron chi connectivity index (χ2n) is 3.51. The van der Waals surface area contributed by atoms with Crippen LogP contribution >= 0.6 is 11.8 Å². The Morgan fingerprint density at radius 1 is 1.06 bits per heavy atom. The third-order valence-electron chi connectivity index (χ3n) is 2.12. The van der Waals surface area contributed by atoms with Gasteiger partial charge in [0.05, 0.1) is 13.2 Å².